The van der Waals surface area contributed by atoms with Gasteiger partial charge in [-0.05, 0) is 43.3 Å². The van der Waals surface area contributed by atoms with Gasteiger partial charge in [-0.2, -0.15) is 0 Å². The fourth-order valence-electron chi connectivity index (χ4n) is 2.21. The largest absolute Gasteiger partial charge is 0.396 e. The summed E-state index contributed by atoms with van der Waals surface area (Å²) in [5.74, 6) is 1.22. The van der Waals surface area contributed by atoms with Crippen LogP contribution in [0.1, 0.15) is 44.6 Å². The third-order valence-electron chi connectivity index (χ3n) is 3.67. The molecule has 18 heavy (non-hydrogen) atoms. The Morgan fingerprint density at radius 1 is 1.17 bits per heavy atom. The molecule has 0 amide bonds. The molecule has 0 saturated heterocycles. The van der Waals surface area contributed by atoms with Gasteiger partial charge in [0.25, 0.3) is 0 Å². The third kappa shape index (κ3) is 5.65. The first-order valence-electron chi connectivity index (χ1n) is 7.14. The number of aliphatic hydroxyl groups excluding tert-OH is 1. The Morgan fingerprint density at radius 2 is 1.89 bits per heavy atom. The van der Waals surface area contributed by atoms with Crippen LogP contribution in [0.25, 0.3) is 0 Å². The minimum absolute atomic E-state index is 0.306. The van der Waals surface area contributed by atoms with Gasteiger partial charge in [0.05, 0.1) is 0 Å². The fourth-order valence-corrected chi connectivity index (χ4v) is 2.21. The Kier molecular flexibility index (Phi) is 7.70. The van der Waals surface area contributed by atoms with E-state index in [1.807, 2.05) is 0 Å². The summed E-state index contributed by atoms with van der Waals surface area (Å²) in [4.78, 5) is 0. The molecule has 2 heteroatoms. The van der Waals surface area contributed by atoms with Crippen LogP contribution in [0, 0.1) is 5.92 Å². The highest BCUT2D eigenvalue weighted by Gasteiger charge is 2.07. The molecule has 0 fully saturated rings. The van der Waals surface area contributed by atoms with Gasteiger partial charge in [-0.1, -0.05) is 50.6 Å². The predicted octanol–water partition coefficient (Wildman–Crippen LogP) is 3.18. The van der Waals surface area contributed by atoms with Crippen molar-refractivity contribution in [3.8, 4) is 0 Å². The maximum atomic E-state index is 8.93. The molecule has 0 aliphatic heterocycles. The number of hydrogen-bond donors (Lipinski definition) is 2. The van der Waals surface area contributed by atoms with Gasteiger partial charge in [0.15, 0.2) is 0 Å². The molecule has 2 N–H and O–H groups in total. The Hall–Kier alpha value is -0.860. The van der Waals surface area contributed by atoms with Crippen LogP contribution in [0.2, 0.25) is 0 Å². The predicted molar refractivity (Wildman–Crippen MR) is 77.8 cm³/mol. The molecule has 0 aliphatic rings. The van der Waals surface area contributed by atoms with E-state index in [-0.39, 0.29) is 0 Å². The number of hydrogen-bond acceptors (Lipinski definition) is 2. The molecule has 0 aromatic heterocycles. The van der Waals surface area contributed by atoms with Gasteiger partial charge in [0.1, 0.15) is 0 Å². The quantitative estimate of drug-likeness (QED) is 0.659. The van der Waals surface area contributed by atoms with Gasteiger partial charge >= 0.3 is 0 Å². The summed E-state index contributed by atoms with van der Waals surface area (Å²) in [5.41, 5.74) is 1.42. The van der Waals surface area contributed by atoms with Crippen molar-refractivity contribution in [3.63, 3.8) is 0 Å². The third-order valence-corrected chi connectivity index (χ3v) is 3.67. The van der Waals surface area contributed by atoms with E-state index in [0.717, 1.165) is 25.9 Å². The Balaban J connectivity index is 2.18. The normalized spacial score (nSPS) is 14.4. The highest BCUT2D eigenvalue weighted by atomic mass is 16.3. The smallest absolute Gasteiger partial charge is 0.0434 e. The zero-order chi connectivity index (χ0) is 13.2. The molecule has 0 radical (unpaired) electrons. The zero-order valence-electron chi connectivity index (χ0n) is 11.7. The Morgan fingerprint density at radius 3 is 2.50 bits per heavy atom. The molecule has 0 bridgehead atoms. The van der Waals surface area contributed by atoms with Crippen molar-refractivity contribution < 1.29 is 5.11 Å². The first-order chi connectivity index (χ1) is 8.77. The average Bonchev–Trinajstić information content (AvgIpc) is 2.43. The SMILES string of the molecule is CCC(CCO)CNCCC(C)c1ccccc1. The van der Waals surface area contributed by atoms with Crippen molar-refractivity contribution in [2.75, 3.05) is 19.7 Å². The van der Waals surface area contributed by atoms with Gasteiger partial charge in [0, 0.05) is 6.61 Å². The second-order valence-corrected chi connectivity index (χ2v) is 5.09. The second kappa shape index (κ2) is 9.12. The first-order valence-corrected chi connectivity index (χ1v) is 7.14. The van der Waals surface area contributed by atoms with E-state index < -0.39 is 0 Å². The molecule has 0 heterocycles. The minimum atomic E-state index is 0.306. The molecule has 2 atom stereocenters. The lowest BCUT2D eigenvalue weighted by atomic mass is 9.97. The van der Waals surface area contributed by atoms with Crippen LogP contribution in [0.15, 0.2) is 30.3 Å². The summed E-state index contributed by atoms with van der Waals surface area (Å²) in [7, 11) is 0. The van der Waals surface area contributed by atoms with Gasteiger partial charge in [-0.3, -0.25) is 0 Å². The van der Waals surface area contributed by atoms with Crippen molar-refractivity contribution in [1.82, 2.24) is 5.32 Å². The van der Waals surface area contributed by atoms with Crippen molar-refractivity contribution >= 4 is 0 Å². The summed E-state index contributed by atoms with van der Waals surface area (Å²) in [6, 6.07) is 10.7. The Bertz CT molecular complexity index is 299. The van der Waals surface area contributed by atoms with E-state index in [4.69, 9.17) is 5.11 Å². The van der Waals surface area contributed by atoms with E-state index in [9.17, 15) is 0 Å². The maximum absolute atomic E-state index is 8.93. The van der Waals surface area contributed by atoms with Crippen LogP contribution in [0.3, 0.4) is 0 Å². The lowest BCUT2D eigenvalue weighted by Crippen LogP contribution is -2.25. The molecular weight excluding hydrogens is 222 g/mol. The van der Waals surface area contributed by atoms with Crippen molar-refractivity contribution in [3.05, 3.63) is 35.9 Å². The van der Waals surface area contributed by atoms with Crippen molar-refractivity contribution in [2.24, 2.45) is 5.92 Å². The number of benzene rings is 1. The van der Waals surface area contributed by atoms with Crippen LogP contribution in [-0.2, 0) is 0 Å². The molecule has 2 unspecified atom stereocenters. The lowest BCUT2D eigenvalue weighted by molar-refractivity contribution is 0.251. The molecule has 2 nitrogen and oxygen atoms in total. The van der Waals surface area contributed by atoms with E-state index in [1.165, 1.54) is 12.0 Å². The molecule has 0 aliphatic carbocycles. The second-order valence-electron chi connectivity index (χ2n) is 5.09. The summed E-state index contributed by atoms with van der Waals surface area (Å²) >= 11 is 0. The number of nitrogens with one attached hydrogen (secondary N) is 1. The van der Waals surface area contributed by atoms with Crippen LogP contribution in [0.4, 0.5) is 0 Å². The highest BCUT2D eigenvalue weighted by molar-refractivity contribution is 5.18. The van der Waals surface area contributed by atoms with Gasteiger partial charge < -0.3 is 10.4 Å². The monoisotopic (exact) mass is 249 g/mol. The molecule has 1 aromatic carbocycles. The molecule has 0 spiro atoms. The van der Waals surface area contributed by atoms with E-state index in [1.54, 1.807) is 0 Å². The standard InChI is InChI=1S/C16H27NO/c1-3-15(10-12-18)13-17-11-9-14(2)16-7-5-4-6-8-16/h4-8,14-15,17-18H,3,9-13H2,1-2H3. The molecule has 1 aromatic rings. The summed E-state index contributed by atoms with van der Waals surface area (Å²) in [5, 5.41) is 12.4. The maximum Gasteiger partial charge on any atom is 0.0434 e. The Labute approximate surface area is 111 Å². The number of rotatable bonds is 9. The van der Waals surface area contributed by atoms with Crippen LogP contribution in [-0.4, -0.2) is 24.8 Å². The summed E-state index contributed by atoms with van der Waals surface area (Å²) in [6.45, 7) is 6.85. The molecule has 1 rings (SSSR count). The summed E-state index contributed by atoms with van der Waals surface area (Å²) in [6.07, 6.45) is 3.22. The average molecular weight is 249 g/mol. The molecular formula is C16H27NO. The van der Waals surface area contributed by atoms with Gasteiger partial charge in [0.2, 0.25) is 0 Å². The first kappa shape index (κ1) is 15.2. The van der Waals surface area contributed by atoms with Crippen molar-refractivity contribution in [2.45, 2.75) is 39.0 Å². The topological polar surface area (TPSA) is 32.3 Å². The zero-order valence-corrected chi connectivity index (χ0v) is 11.7. The van der Waals surface area contributed by atoms with Crippen LogP contribution < -0.4 is 5.32 Å². The fraction of sp³-hybridized carbons (Fsp3) is 0.625. The highest BCUT2D eigenvalue weighted by Crippen LogP contribution is 2.17. The van der Waals surface area contributed by atoms with Gasteiger partial charge in [-0.25, -0.2) is 0 Å². The lowest BCUT2D eigenvalue weighted by Gasteiger charge is -2.16. The molecule has 0 saturated carbocycles. The van der Waals surface area contributed by atoms with E-state index >= 15 is 0 Å². The summed E-state index contributed by atoms with van der Waals surface area (Å²) < 4.78 is 0. The van der Waals surface area contributed by atoms with Crippen LogP contribution in [0.5, 0.6) is 0 Å². The minimum Gasteiger partial charge on any atom is -0.396 e. The van der Waals surface area contributed by atoms with Gasteiger partial charge in [-0.15, -0.1) is 0 Å². The number of aliphatic hydroxyl groups is 1. The van der Waals surface area contributed by atoms with Crippen molar-refractivity contribution in [1.29, 1.82) is 0 Å². The van der Waals surface area contributed by atoms with Crippen LogP contribution >= 0.6 is 0 Å². The van der Waals surface area contributed by atoms with E-state index in [2.05, 4.69) is 49.5 Å². The molecule has 102 valence electrons. The van der Waals surface area contributed by atoms with E-state index in [0.29, 0.717) is 18.4 Å².